The van der Waals surface area contributed by atoms with Crippen LogP contribution in [0.25, 0.3) is 0 Å². The van der Waals surface area contributed by atoms with Crippen LogP contribution in [-0.4, -0.2) is 12.1 Å². The Hall–Kier alpha value is -1.08. The van der Waals surface area contributed by atoms with Gasteiger partial charge in [0.05, 0.1) is 0 Å². The second-order valence-corrected chi connectivity index (χ2v) is 6.27. The number of hydrogen-bond donors (Lipinski definition) is 1. The maximum atomic E-state index is 3.50. The van der Waals surface area contributed by atoms with Crippen molar-refractivity contribution in [3.8, 4) is 0 Å². The van der Waals surface area contributed by atoms with Crippen LogP contribution in [0.15, 0.2) is 36.4 Å². The van der Waals surface area contributed by atoms with E-state index in [2.05, 4.69) is 62.5 Å². The molecule has 1 heteroatoms. The van der Waals surface area contributed by atoms with Gasteiger partial charge in [-0.1, -0.05) is 36.4 Å². The smallest absolute Gasteiger partial charge is 0.00966 e. The van der Waals surface area contributed by atoms with Gasteiger partial charge >= 0.3 is 0 Å². The third-order valence-corrected chi connectivity index (χ3v) is 3.51. The normalized spacial score (nSPS) is 18.7. The molecular formula is C17H25N. The lowest BCUT2D eigenvalue weighted by molar-refractivity contribution is 0.431. The molecule has 2 rings (SSSR count). The van der Waals surface area contributed by atoms with E-state index in [0.717, 1.165) is 18.9 Å². The van der Waals surface area contributed by atoms with Crippen LogP contribution in [0.2, 0.25) is 0 Å². The molecule has 0 aliphatic heterocycles. The van der Waals surface area contributed by atoms with Crippen molar-refractivity contribution in [2.75, 3.05) is 6.54 Å². The molecule has 0 spiro atoms. The third-order valence-electron chi connectivity index (χ3n) is 3.51. The quantitative estimate of drug-likeness (QED) is 0.607. The molecule has 1 N–H and O–H groups in total. The van der Waals surface area contributed by atoms with Crippen LogP contribution in [0.5, 0.6) is 0 Å². The van der Waals surface area contributed by atoms with Crippen molar-refractivity contribution in [2.24, 2.45) is 0 Å². The summed E-state index contributed by atoms with van der Waals surface area (Å²) in [5.41, 5.74) is 3.35. The lowest BCUT2D eigenvalue weighted by Gasteiger charge is -2.29. The molecule has 1 atom stereocenters. The number of hydrogen-bond acceptors (Lipinski definition) is 1. The summed E-state index contributed by atoms with van der Waals surface area (Å²) in [6, 6.07) is 8.83. The topological polar surface area (TPSA) is 12.0 Å². The number of nitrogens with one attached hydrogen (secondary N) is 1. The molecule has 1 aromatic carbocycles. The van der Waals surface area contributed by atoms with Gasteiger partial charge in [-0.3, -0.25) is 0 Å². The molecule has 98 valence electrons. The van der Waals surface area contributed by atoms with E-state index in [1.807, 2.05) is 0 Å². The molecule has 0 heterocycles. The maximum absolute atomic E-state index is 3.50. The predicted molar refractivity (Wildman–Crippen MR) is 79.0 cm³/mol. The molecule has 0 amide bonds. The molecule has 1 aromatic rings. The highest BCUT2D eigenvalue weighted by atomic mass is 14.9. The average Bonchev–Trinajstić information content (AvgIpc) is 2.27. The largest absolute Gasteiger partial charge is 0.312 e. The number of allylic oxidation sites excluding steroid dienone is 1. The molecule has 0 aromatic heterocycles. The van der Waals surface area contributed by atoms with Gasteiger partial charge in [-0.15, -0.1) is 0 Å². The van der Waals surface area contributed by atoms with Crippen molar-refractivity contribution in [1.82, 2.24) is 5.32 Å². The third kappa shape index (κ3) is 3.71. The van der Waals surface area contributed by atoms with Gasteiger partial charge < -0.3 is 5.32 Å². The highest BCUT2D eigenvalue weighted by Gasteiger charge is 2.23. The number of benzene rings is 1. The van der Waals surface area contributed by atoms with Crippen LogP contribution >= 0.6 is 0 Å². The minimum absolute atomic E-state index is 0.237. The average molecular weight is 243 g/mol. The first-order valence-electron chi connectivity index (χ1n) is 7.04. The zero-order chi connectivity index (χ0) is 13.0. The van der Waals surface area contributed by atoms with E-state index >= 15 is 0 Å². The molecular weight excluding hydrogens is 218 g/mol. The van der Waals surface area contributed by atoms with Gasteiger partial charge in [0.2, 0.25) is 0 Å². The summed E-state index contributed by atoms with van der Waals surface area (Å²) in [5, 5.41) is 3.50. The van der Waals surface area contributed by atoms with Gasteiger partial charge in [-0.05, 0) is 63.6 Å². The van der Waals surface area contributed by atoms with Crippen molar-refractivity contribution < 1.29 is 0 Å². The van der Waals surface area contributed by atoms with E-state index in [0.29, 0.717) is 0 Å². The fourth-order valence-corrected chi connectivity index (χ4v) is 2.48. The van der Waals surface area contributed by atoms with Crippen LogP contribution in [-0.2, 0) is 6.42 Å². The van der Waals surface area contributed by atoms with Gasteiger partial charge in [0.1, 0.15) is 0 Å². The Morgan fingerprint density at radius 3 is 2.72 bits per heavy atom. The maximum Gasteiger partial charge on any atom is 0.00966 e. The Kier molecular flexibility index (Phi) is 4.23. The summed E-state index contributed by atoms with van der Waals surface area (Å²) in [5.74, 6) is 0.771. The zero-order valence-electron chi connectivity index (χ0n) is 11.9. The van der Waals surface area contributed by atoms with Gasteiger partial charge in [-0.25, -0.2) is 0 Å². The Balaban J connectivity index is 1.65. The molecule has 1 unspecified atom stereocenters. The highest BCUT2D eigenvalue weighted by molar-refractivity contribution is 5.40. The molecule has 0 bridgehead atoms. The van der Waals surface area contributed by atoms with Crippen molar-refractivity contribution in [1.29, 1.82) is 0 Å². The van der Waals surface area contributed by atoms with Crippen molar-refractivity contribution >= 4 is 0 Å². The zero-order valence-corrected chi connectivity index (χ0v) is 11.9. The lowest BCUT2D eigenvalue weighted by atomic mass is 9.76. The summed E-state index contributed by atoms with van der Waals surface area (Å²) < 4.78 is 0. The van der Waals surface area contributed by atoms with Crippen molar-refractivity contribution in [3.05, 3.63) is 47.5 Å². The van der Waals surface area contributed by atoms with E-state index < -0.39 is 0 Å². The van der Waals surface area contributed by atoms with Gasteiger partial charge in [0.15, 0.2) is 0 Å². The fraction of sp³-hybridized carbons (Fsp3) is 0.529. The van der Waals surface area contributed by atoms with Crippen LogP contribution < -0.4 is 5.32 Å². The van der Waals surface area contributed by atoms with E-state index in [1.54, 1.807) is 11.1 Å². The summed E-state index contributed by atoms with van der Waals surface area (Å²) in [7, 11) is 0. The van der Waals surface area contributed by atoms with Crippen molar-refractivity contribution in [3.63, 3.8) is 0 Å². The molecule has 18 heavy (non-hydrogen) atoms. The molecule has 0 saturated heterocycles. The molecule has 1 aliphatic carbocycles. The van der Waals surface area contributed by atoms with Gasteiger partial charge in [-0.2, -0.15) is 0 Å². The monoisotopic (exact) mass is 243 g/mol. The Bertz CT molecular complexity index is 412. The second kappa shape index (κ2) is 5.71. The van der Waals surface area contributed by atoms with Crippen LogP contribution in [0, 0.1) is 0 Å². The summed E-state index contributed by atoms with van der Waals surface area (Å²) in [6.07, 6.45) is 8.27. The molecule has 0 saturated carbocycles. The van der Waals surface area contributed by atoms with Crippen LogP contribution in [0.4, 0.5) is 0 Å². The van der Waals surface area contributed by atoms with Crippen LogP contribution in [0.1, 0.15) is 50.7 Å². The molecule has 0 fully saturated rings. The SMILES string of the molecule is CC(C)(C)NCCC=CCC1Cc2ccccc21. The molecule has 1 aliphatic rings. The minimum atomic E-state index is 0.237. The van der Waals surface area contributed by atoms with E-state index in [-0.39, 0.29) is 5.54 Å². The van der Waals surface area contributed by atoms with Crippen molar-refractivity contribution in [2.45, 2.75) is 51.5 Å². The highest BCUT2D eigenvalue weighted by Crippen LogP contribution is 2.37. The minimum Gasteiger partial charge on any atom is -0.312 e. The summed E-state index contributed by atoms with van der Waals surface area (Å²) in [6.45, 7) is 7.70. The van der Waals surface area contributed by atoms with E-state index in [9.17, 15) is 0 Å². The lowest BCUT2D eigenvalue weighted by Crippen LogP contribution is -2.36. The molecule has 1 nitrogen and oxygen atoms in total. The van der Waals surface area contributed by atoms with E-state index in [4.69, 9.17) is 0 Å². The molecule has 0 radical (unpaired) electrons. The summed E-state index contributed by atoms with van der Waals surface area (Å²) in [4.78, 5) is 0. The fourth-order valence-electron chi connectivity index (χ4n) is 2.48. The second-order valence-electron chi connectivity index (χ2n) is 6.27. The first-order valence-corrected chi connectivity index (χ1v) is 7.04. The predicted octanol–water partition coefficient (Wildman–Crippen LogP) is 4.05. The first-order chi connectivity index (χ1) is 8.56. The van der Waals surface area contributed by atoms with Gasteiger partial charge in [0, 0.05) is 5.54 Å². The Morgan fingerprint density at radius 1 is 1.22 bits per heavy atom. The first kappa shape index (κ1) is 13.4. The number of fused-ring (bicyclic) bond motifs is 1. The van der Waals surface area contributed by atoms with Crippen LogP contribution in [0.3, 0.4) is 0 Å². The van der Waals surface area contributed by atoms with E-state index in [1.165, 1.54) is 12.8 Å². The Labute approximate surface area is 111 Å². The standard InChI is InChI=1S/C17H25N/c1-17(2,3)18-12-8-4-5-9-14-13-15-10-6-7-11-16(14)15/h4-7,10-11,14,18H,8-9,12-13H2,1-3H3. The Morgan fingerprint density at radius 2 is 2.00 bits per heavy atom. The van der Waals surface area contributed by atoms with Gasteiger partial charge in [0.25, 0.3) is 0 Å². The number of rotatable bonds is 5. The summed E-state index contributed by atoms with van der Waals surface area (Å²) >= 11 is 0.